The molecule has 3 heterocycles. The summed E-state index contributed by atoms with van der Waals surface area (Å²) in [5.41, 5.74) is -1.46. The van der Waals surface area contributed by atoms with Gasteiger partial charge in [0.15, 0.2) is 0 Å². The van der Waals surface area contributed by atoms with Crippen LogP contribution in [-0.4, -0.2) is 72.1 Å². The number of allylic oxidation sites excluding steroid dienone is 1. The van der Waals surface area contributed by atoms with Gasteiger partial charge < -0.3 is 19.7 Å². The van der Waals surface area contributed by atoms with E-state index in [0.29, 0.717) is 35.3 Å². The number of pyridine rings is 1. The Morgan fingerprint density at radius 1 is 1.21 bits per heavy atom. The molecule has 0 spiro atoms. The van der Waals surface area contributed by atoms with Crippen molar-refractivity contribution in [2.45, 2.75) is 101 Å². The van der Waals surface area contributed by atoms with Crippen molar-refractivity contribution >= 4 is 38.5 Å². The summed E-state index contributed by atoms with van der Waals surface area (Å²) in [5.74, 6) is -1.31. The Labute approximate surface area is 281 Å². The average Bonchev–Trinajstić information content (AvgIpc) is 3.92. The number of halogens is 1. The summed E-state index contributed by atoms with van der Waals surface area (Å²) < 4.78 is 53.4. The second kappa shape index (κ2) is 12.9. The molecule has 1 saturated heterocycles. The lowest BCUT2D eigenvalue weighted by atomic mass is 9.88. The maximum atomic E-state index is 14.3. The maximum Gasteiger partial charge on any atom is 0.259 e. The van der Waals surface area contributed by atoms with E-state index in [2.05, 4.69) is 28.9 Å². The molecule has 13 heteroatoms. The summed E-state index contributed by atoms with van der Waals surface area (Å²) in [5, 5.41) is 3.89. The molecular formula is C35H45FN4O7S. The SMILES string of the molecule is CCC1CC(=O)N2CC(Oc3ncc(OC)c4ccc(F)cc34)CC2C(=O)NC2(C(=O)NS(=O)(=O)C3(C)CC3)CC2C=CCCC(C)C1. The topological polar surface area (TPSA) is 144 Å². The Balaban J connectivity index is 1.30. The van der Waals surface area contributed by atoms with E-state index in [1.54, 1.807) is 13.0 Å². The molecule has 4 aliphatic rings. The van der Waals surface area contributed by atoms with E-state index < -0.39 is 56.0 Å². The highest BCUT2D eigenvalue weighted by Gasteiger charge is 2.63. The molecule has 0 bridgehead atoms. The number of fused-ring (bicyclic) bond motifs is 3. The Morgan fingerprint density at radius 3 is 2.69 bits per heavy atom. The first-order chi connectivity index (χ1) is 22.8. The van der Waals surface area contributed by atoms with Gasteiger partial charge in [0.2, 0.25) is 27.7 Å². The standard InChI is InChI=1S/C35H45FN4O7S/c1-5-22-14-21(2)8-6-7-9-23-18-35(23,33(43)39-48(44,45)34(3)12-13-34)38-31(42)28-17-25(20-40(28)30(41)15-22)47-32-27-16-24(36)10-11-26(27)29(46-4)19-37-32/h7,9-11,16,19,21-23,25,28H,5-6,8,12-15,17-18,20H2,1-4H3,(H,38,42)(H,39,43). The monoisotopic (exact) mass is 684 g/mol. The summed E-state index contributed by atoms with van der Waals surface area (Å²) in [6.07, 6.45) is 9.59. The summed E-state index contributed by atoms with van der Waals surface area (Å²) >= 11 is 0. The number of benzene rings is 1. The Kier molecular flexibility index (Phi) is 9.20. The van der Waals surface area contributed by atoms with E-state index >= 15 is 0 Å². The number of carbonyl (C=O) groups excluding carboxylic acids is 3. The van der Waals surface area contributed by atoms with Crippen LogP contribution in [0.3, 0.4) is 0 Å². The Morgan fingerprint density at radius 2 is 1.98 bits per heavy atom. The molecular weight excluding hydrogens is 639 g/mol. The van der Waals surface area contributed by atoms with Crippen molar-refractivity contribution in [3.63, 3.8) is 0 Å². The molecule has 2 aliphatic carbocycles. The summed E-state index contributed by atoms with van der Waals surface area (Å²) in [6, 6.07) is 3.22. The van der Waals surface area contributed by atoms with E-state index in [1.165, 1.54) is 30.3 Å². The quantitative estimate of drug-likeness (QED) is 0.409. The van der Waals surface area contributed by atoms with Crippen LogP contribution >= 0.6 is 0 Å². The van der Waals surface area contributed by atoms with E-state index in [4.69, 9.17) is 9.47 Å². The van der Waals surface area contributed by atoms with Crippen LogP contribution in [0.4, 0.5) is 4.39 Å². The van der Waals surface area contributed by atoms with Crippen molar-refractivity contribution < 1.29 is 36.7 Å². The molecule has 260 valence electrons. The first-order valence-electron chi connectivity index (χ1n) is 16.9. The van der Waals surface area contributed by atoms with Gasteiger partial charge in [-0.15, -0.1) is 0 Å². The zero-order chi connectivity index (χ0) is 34.4. The first-order valence-corrected chi connectivity index (χ1v) is 18.4. The van der Waals surface area contributed by atoms with Crippen LogP contribution in [0.15, 0.2) is 36.5 Å². The molecule has 1 aromatic carbocycles. The van der Waals surface area contributed by atoms with E-state index in [1.807, 2.05) is 12.2 Å². The molecule has 48 heavy (non-hydrogen) atoms. The highest BCUT2D eigenvalue weighted by molar-refractivity contribution is 7.91. The second-order valence-electron chi connectivity index (χ2n) is 14.3. The van der Waals surface area contributed by atoms with Gasteiger partial charge >= 0.3 is 0 Å². The number of rotatable bonds is 7. The zero-order valence-electron chi connectivity index (χ0n) is 28.0. The van der Waals surface area contributed by atoms with Crippen LogP contribution in [0, 0.1) is 23.6 Å². The number of carbonyl (C=O) groups is 3. The summed E-state index contributed by atoms with van der Waals surface area (Å²) in [7, 11) is -2.45. The molecule has 0 radical (unpaired) electrons. The molecule has 2 saturated carbocycles. The van der Waals surface area contributed by atoms with E-state index in [-0.39, 0.29) is 43.5 Å². The largest absolute Gasteiger partial charge is 0.494 e. The minimum Gasteiger partial charge on any atom is -0.494 e. The molecule has 3 fully saturated rings. The highest BCUT2D eigenvalue weighted by atomic mass is 32.2. The lowest BCUT2D eigenvalue weighted by Gasteiger charge is -2.28. The van der Waals surface area contributed by atoms with Gasteiger partial charge in [-0.2, -0.15) is 0 Å². The predicted molar refractivity (Wildman–Crippen MR) is 177 cm³/mol. The molecule has 2 N–H and O–H groups in total. The van der Waals surface area contributed by atoms with Crippen molar-refractivity contribution in [1.29, 1.82) is 0 Å². The van der Waals surface area contributed by atoms with Gasteiger partial charge in [-0.25, -0.2) is 17.8 Å². The molecule has 2 aliphatic heterocycles. The number of hydrogen-bond donors (Lipinski definition) is 2. The third-order valence-corrected chi connectivity index (χ3v) is 12.9. The number of hydrogen-bond acceptors (Lipinski definition) is 8. The fraction of sp³-hybridized carbons (Fsp3) is 0.600. The van der Waals surface area contributed by atoms with Gasteiger partial charge in [-0.1, -0.05) is 32.4 Å². The lowest BCUT2D eigenvalue weighted by molar-refractivity contribution is -0.140. The van der Waals surface area contributed by atoms with Crippen molar-refractivity contribution in [3.05, 3.63) is 42.4 Å². The van der Waals surface area contributed by atoms with Gasteiger partial charge in [0.25, 0.3) is 5.91 Å². The molecule has 6 unspecified atom stereocenters. The second-order valence-corrected chi connectivity index (χ2v) is 16.5. The number of amides is 3. The van der Waals surface area contributed by atoms with Crippen LogP contribution in [-0.2, 0) is 24.4 Å². The van der Waals surface area contributed by atoms with Gasteiger partial charge in [0.1, 0.15) is 29.3 Å². The molecule has 3 amide bonds. The van der Waals surface area contributed by atoms with Crippen LogP contribution in [0.25, 0.3) is 10.8 Å². The van der Waals surface area contributed by atoms with Crippen molar-refractivity contribution in [2.24, 2.45) is 17.8 Å². The van der Waals surface area contributed by atoms with Gasteiger partial charge in [0.05, 0.1) is 30.0 Å². The number of nitrogens with zero attached hydrogens (tertiary/aromatic N) is 2. The van der Waals surface area contributed by atoms with Crippen molar-refractivity contribution in [1.82, 2.24) is 19.9 Å². The number of methoxy groups -OCH3 is 1. The van der Waals surface area contributed by atoms with Crippen LogP contribution < -0.4 is 19.5 Å². The highest BCUT2D eigenvalue weighted by Crippen LogP contribution is 2.47. The minimum absolute atomic E-state index is 0.0860. The smallest absolute Gasteiger partial charge is 0.259 e. The Hall–Kier alpha value is -3.74. The zero-order valence-corrected chi connectivity index (χ0v) is 28.8. The maximum absolute atomic E-state index is 14.3. The lowest BCUT2D eigenvalue weighted by Crippen LogP contribution is -2.57. The molecule has 2 aromatic rings. The fourth-order valence-corrected chi connectivity index (χ4v) is 8.45. The van der Waals surface area contributed by atoms with Crippen LogP contribution in [0.2, 0.25) is 0 Å². The molecule has 11 nitrogen and oxygen atoms in total. The predicted octanol–water partition coefficient (Wildman–Crippen LogP) is 4.40. The first kappa shape index (κ1) is 34.1. The third kappa shape index (κ3) is 6.62. The summed E-state index contributed by atoms with van der Waals surface area (Å²) in [4.78, 5) is 47.7. The van der Waals surface area contributed by atoms with Crippen LogP contribution in [0.1, 0.15) is 78.6 Å². The van der Waals surface area contributed by atoms with Crippen molar-refractivity contribution in [3.8, 4) is 11.6 Å². The summed E-state index contributed by atoms with van der Waals surface area (Å²) in [6.45, 7) is 5.91. The number of nitrogens with one attached hydrogen (secondary N) is 2. The molecule has 6 rings (SSSR count). The van der Waals surface area contributed by atoms with E-state index in [9.17, 15) is 27.2 Å². The van der Waals surface area contributed by atoms with Gasteiger partial charge in [-0.05, 0) is 75.5 Å². The number of sulfonamides is 1. The van der Waals surface area contributed by atoms with E-state index in [0.717, 1.165) is 25.7 Å². The molecule has 1 aromatic heterocycles. The minimum atomic E-state index is -3.94. The Bertz CT molecular complexity index is 1750. The van der Waals surface area contributed by atoms with Crippen LogP contribution in [0.5, 0.6) is 11.6 Å². The normalized spacial score (nSPS) is 30.4. The number of ether oxygens (including phenoxy) is 2. The van der Waals surface area contributed by atoms with Gasteiger partial charge in [0, 0.05) is 24.1 Å². The van der Waals surface area contributed by atoms with Gasteiger partial charge in [-0.3, -0.25) is 19.1 Å². The number of aromatic nitrogens is 1. The fourth-order valence-electron chi connectivity index (χ4n) is 7.14. The molecule has 6 atom stereocenters. The third-order valence-electron chi connectivity index (χ3n) is 10.7. The van der Waals surface area contributed by atoms with Crippen molar-refractivity contribution in [2.75, 3.05) is 13.7 Å². The average molecular weight is 685 g/mol.